The van der Waals surface area contributed by atoms with Crippen LogP contribution in [0.5, 0.6) is 0 Å². The summed E-state index contributed by atoms with van der Waals surface area (Å²) in [6.45, 7) is 5.66. The van der Waals surface area contributed by atoms with Gasteiger partial charge in [0.1, 0.15) is 0 Å². The summed E-state index contributed by atoms with van der Waals surface area (Å²) in [5.74, 6) is -0.321. The lowest BCUT2D eigenvalue weighted by Crippen LogP contribution is -2.45. The first kappa shape index (κ1) is 18.9. The zero-order chi connectivity index (χ0) is 18.4. The highest BCUT2D eigenvalue weighted by atomic mass is 16.2. The van der Waals surface area contributed by atoms with Gasteiger partial charge in [-0.25, -0.2) is 0 Å². The second-order valence-electron chi connectivity index (χ2n) is 7.56. The first-order chi connectivity index (χ1) is 12.6. The number of amides is 2. The molecule has 0 radical (unpaired) electrons. The molecule has 2 aliphatic rings. The van der Waals surface area contributed by atoms with Gasteiger partial charge in [0, 0.05) is 19.6 Å². The maximum Gasteiger partial charge on any atom is 0.231 e. The average molecular weight is 358 g/mol. The summed E-state index contributed by atoms with van der Waals surface area (Å²) >= 11 is 0. The number of nitrogens with zero attached hydrogens (tertiary/aromatic N) is 2. The predicted molar refractivity (Wildman–Crippen MR) is 101 cm³/mol. The van der Waals surface area contributed by atoms with Gasteiger partial charge in [-0.2, -0.15) is 0 Å². The van der Waals surface area contributed by atoms with Crippen molar-refractivity contribution in [2.45, 2.75) is 38.8 Å². The third kappa shape index (κ3) is 5.54. The van der Waals surface area contributed by atoms with Gasteiger partial charge in [0.25, 0.3) is 0 Å². The zero-order valence-electron chi connectivity index (χ0n) is 15.5. The standard InChI is InChI=1S/C20H30N4O2/c21-19(25)15-24-11-3-4-18(14-24)20(26)22-12-16-5-7-17(8-6-16)13-23-9-1-2-10-23/h5-8,18H,1-4,9-15H2,(H2,21,25)(H,22,26). The molecule has 0 bridgehead atoms. The summed E-state index contributed by atoms with van der Waals surface area (Å²) in [6.07, 6.45) is 4.41. The van der Waals surface area contributed by atoms with E-state index in [1.54, 1.807) is 0 Å². The third-order valence-corrected chi connectivity index (χ3v) is 5.35. The van der Waals surface area contributed by atoms with Crippen molar-refractivity contribution in [3.8, 4) is 0 Å². The van der Waals surface area contributed by atoms with Gasteiger partial charge >= 0.3 is 0 Å². The van der Waals surface area contributed by atoms with Crippen molar-refractivity contribution in [2.75, 3.05) is 32.7 Å². The summed E-state index contributed by atoms with van der Waals surface area (Å²) in [7, 11) is 0. The number of benzene rings is 1. The van der Waals surface area contributed by atoms with Gasteiger partial charge in [-0.1, -0.05) is 24.3 Å². The summed E-state index contributed by atoms with van der Waals surface area (Å²) in [5.41, 5.74) is 7.71. The minimum absolute atomic E-state index is 0.0578. The van der Waals surface area contributed by atoms with Crippen molar-refractivity contribution < 1.29 is 9.59 Å². The molecule has 3 N–H and O–H groups in total. The van der Waals surface area contributed by atoms with Gasteiger partial charge < -0.3 is 11.1 Å². The van der Waals surface area contributed by atoms with Gasteiger partial charge in [0.15, 0.2) is 0 Å². The fraction of sp³-hybridized carbons (Fsp3) is 0.600. The molecule has 1 aromatic rings. The number of nitrogens with two attached hydrogens (primary N) is 1. The van der Waals surface area contributed by atoms with Gasteiger partial charge in [0.05, 0.1) is 12.5 Å². The number of carbonyl (C=O) groups is 2. The fourth-order valence-electron chi connectivity index (χ4n) is 3.93. The van der Waals surface area contributed by atoms with E-state index in [9.17, 15) is 9.59 Å². The SMILES string of the molecule is NC(=O)CN1CCCC(C(=O)NCc2ccc(CN3CCCC3)cc2)C1. The number of nitrogens with one attached hydrogen (secondary N) is 1. The molecule has 2 amide bonds. The highest BCUT2D eigenvalue weighted by molar-refractivity contribution is 5.79. The van der Waals surface area contributed by atoms with Crippen LogP contribution in [0.3, 0.4) is 0 Å². The molecule has 0 saturated carbocycles. The van der Waals surface area contributed by atoms with E-state index in [0.29, 0.717) is 13.1 Å². The van der Waals surface area contributed by atoms with E-state index >= 15 is 0 Å². The van der Waals surface area contributed by atoms with Crippen molar-refractivity contribution in [3.63, 3.8) is 0 Å². The first-order valence-corrected chi connectivity index (χ1v) is 9.69. The molecule has 3 rings (SSSR count). The van der Waals surface area contributed by atoms with Crippen LogP contribution in [0.25, 0.3) is 0 Å². The summed E-state index contributed by atoms with van der Waals surface area (Å²) in [6, 6.07) is 8.53. The van der Waals surface area contributed by atoms with Crippen LogP contribution in [0.1, 0.15) is 36.8 Å². The number of piperidine rings is 1. The number of carbonyl (C=O) groups excluding carboxylic acids is 2. The van der Waals surface area contributed by atoms with E-state index in [4.69, 9.17) is 5.73 Å². The van der Waals surface area contributed by atoms with E-state index in [1.807, 2.05) is 4.90 Å². The largest absolute Gasteiger partial charge is 0.369 e. The van der Waals surface area contributed by atoms with Crippen LogP contribution in [0.4, 0.5) is 0 Å². The smallest absolute Gasteiger partial charge is 0.231 e. The lowest BCUT2D eigenvalue weighted by molar-refractivity contribution is -0.128. The third-order valence-electron chi connectivity index (χ3n) is 5.35. The van der Waals surface area contributed by atoms with Crippen molar-refractivity contribution in [1.29, 1.82) is 0 Å². The van der Waals surface area contributed by atoms with Crippen molar-refractivity contribution in [3.05, 3.63) is 35.4 Å². The van der Waals surface area contributed by atoms with E-state index in [-0.39, 0.29) is 24.3 Å². The molecule has 6 nitrogen and oxygen atoms in total. The quantitative estimate of drug-likeness (QED) is 0.765. The van der Waals surface area contributed by atoms with E-state index in [1.165, 1.54) is 31.5 Å². The number of rotatable bonds is 7. The summed E-state index contributed by atoms with van der Waals surface area (Å²) < 4.78 is 0. The Balaban J connectivity index is 1.44. The molecule has 0 aliphatic carbocycles. The Labute approximate surface area is 155 Å². The Morgan fingerprint density at radius 3 is 2.35 bits per heavy atom. The van der Waals surface area contributed by atoms with Crippen molar-refractivity contribution in [2.24, 2.45) is 11.7 Å². The highest BCUT2D eigenvalue weighted by Crippen LogP contribution is 2.17. The summed E-state index contributed by atoms with van der Waals surface area (Å²) in [5, 5.41) is 3.04. The molecular weight excluding hydrogens is 328 g/mol. The Bertz CT molecular complexity index is 611. The molecule has 0 aromatic heterocycles. The molecule has 2 heterocycles. The molecule has 1 aromatic carbocycles. The van der Waals surface area contributed by atoms with Crippen LogP contribution in [0, 0.1) is 5.92 Å². The Morgan fingerprint density at radius 1 is 1.00 bits per heavy atom. The minimum atomic E-state index is -0.333. The molecular formula is C20H30N4O2. The molecule has 1 unspecified atom stereocenters. The Kier molecular flexibility index (Phi) is 6.63. The van der Waals surface area contributed by atoms with Crippen LogP contribution >= 0.6 is 0 Å². The number of hydrogen-bond donors (Lipinski definition) is 2. The van der Waals surface area contributed by atoms with E-state index in [0.717, 1.165) is 31.5 Å². The molecule has 2 saturated heterocycles. The van der Waals surface area contributed by atoms with Crippen molar-refractivity contribution >= 4 is 11.8 Å². The molecule has 2 aliphatic heterocycles. The molecule has 6 heteroatoms. The van der Waals surface area contributed by atoms with Gasteiger partial charge in [-0.15, -0.1) is 0 Å². The molecule has 0 spiro atoms. The lowest BCUT2D eigenvalue weighted by atomic mass is 9.97. The fourth-order valence-corrected chi connectivity index (χ4v) is 3.93. The van der Waals surface area contributed by atoms with E-state index < -0.39 is 0 Å². The van der Waals surface area contributed by atoms with Gasteiger partial charge in [0.2, 0.25) is 11.8 Å². The monoisotopic (exact) mass is 358 g/mol. The molecule has 2 fully saturated rings. The first-order valence-electron chi connectivity index (χ1n) is 9.69. The second kappa shape index (κ2) is 9.14. The zero-order valence-corrected chi connectivity index (χ0v) is 15.5. The number of hydrogen-bond acceptors (Lipinski definition) is 4. The predicted octanol–water partition coefficient (Wildman–Crippen LogP) is 1.10. The summed E-state index contributed by atoms with van der Waals surface area (Å²) in [4.78, 5) is 28.0. The number of primary amides is 1. The molecule has 1 atom stereocenters. The Morgan fingerprint density at radius 2 is 1.65 bits per heavy atom. The molecule has 26 heavy (non-hydrogen) atoms. The van der Waals surface area contributed by atoms with Crippen LogP contribution in [0.2, 0.25) is 0 Å². The normalized spacial score (nSPS) is 21.6. The van der Waals surface area contributed by atoms with Gasteiger partial charge in [-0.3, -0.25) is 19.4 Å². The van der Waals surface area contributed by atoms with Crippen LogP contribution in [-0.2, 0) is 22.7 Å². The van der Waals surface area contributed by atoms with Crippen LogP contribution in [0.15, 0.2) is 24.3 Å². The van der Waals surface area contributed by atoms with Crippen LogP contribution < -0.4 is 11.1 Å². The van der Waals surface area contributed by atoms with Crippen molar-refractivity contribution in [1.82, 2.24) is 15.1 Å². The topological polar surface area (TPSA) is 78.7 Å². The molecule has 142 valence electrons. The lowest BCUT2D eigenvalue weighted by Gasteiger charge is -2.31. The Hall–Kier alpha value is -1.92. The van der Waals surface area contributed by atoms with Gasteiger partial charge in [-0.05, 0) is 56.4 Å². The average Bonchev–Trinajstić information content (AvgIpc) is 3.13. The second-order valence-corrected chi connectivity index (χ2v) is 7.56. The van der Waals surface area contributed by atoms with E-state index in [2.05, 4.69) is 34.5 Å². The maximum absolute atomic E-state index is 12.4. The highest BCUT2D eigenvalue weighted by Gasteiger charge is 2.26. The minimum Gasteiger partial charge on any atom is -0.369 e. The maximum atomic E-state index is 12.4. The number of likely N-dealkylation sites (tertiary alicyclic amines) is 2. The van der Waals surface area contributed by atoms with Crippen LogP contribution in [-0.4, -0.2) is 54.3 Å².